The number of sulfonamides is 1. The van der Waals surface area contributed by atoms with E-state index in [4.69, 9.17) is 0 Å². The monoisotopic (exact) mass is 340 g/mol. The smallest absolute Gasteiger partial charge is 0.263 e. The van der Waals surface area contributed by atoms with Crippen LogP contribution in [0.4, 0.5) is 5.82 Å². The lowest BCUT2D eigenvalue weighted by molar-refractivity contribution is 0.601. The molecular formula is C13H13BrN2O2S. The maximum absolute atomic E-state index is 12.2. The number of hydrogen-bond acceptors (Lipinski definition) is 3. The Balaban J connectivity index is 2.32. The number of rotatable bonds is 3. The second kappa shape index (κ2) is 5.30. The van der Waals surface area contributed by atoms with Crippen molar-refractivity contribution >= 4 is 31.8 Å². The van der Waals surface area contributed by atoms with E-state index in [-0.39, 0.29) is 4.90 Å². The van der Waals surface area contributed by atoms with Gasteiger partial charge in [0.15, 0.2) is 0 Å². The van der Waals surface area contributed by atoms with Crippen molar-refractivity contribution in [2.45, 2.75) is 18.7 Å². The summed E-state index contributed by atoms with van der Waals surface area (Å²) in [5.41, 5.74) is 1.99. The van der Waals surface area contributed by atoms with Crippen LogP contribution in [0.25, 0.3) is 0 Å². The van der Waals surface area contributed by atoms with Gasteiger partial charge in [0.1, 0.15) is 5.82 Å². The Bertz CT molecular complexity index is 697. The summed E-state index contributed by atoms with van der Waals surface area (Å²) < 4.78 is 27.6. The van der Waals surface area contributed by atoms with E-state index in [0.29, 0.717) is 5.82 Å². The zero-order valence-electron chi connectivity index (χ0n) is 10.5. The molecule has 0 bridgehead atoms. The number of nitrogens with one attached hydrogen (secondary N) is 1. The van der Waals surface area contributed by atoms with Gasteiger partial charge in [0.25, 0.3) is 10.0 Å². The van der Waals surface area contributed by atoms with Crippen molar-refractivity contribution in [2.24, 2.45) is 0 Å². The summed E-state index contributed by atoms with van der Waals surface area (Å²) in [5.74, 6) is 0.293. The number of aryl methyl sites for hydroxylation is 2. The molecule has 1 heterocycles. The number of halogens is 1. The lowest BCUT2D eigenvalue weighted by atomic mass is 10.1. The van der Waals surface area contributed by atoms with Crippen molar-refractivity contribution in [2.75, 3.05) is 4.72 Å². The largest absolute Gasteiger partial charge is 0.263 e. The summed E-state index contributed by atoms with van der Waals surface area (Å²) in [5, 5.41) is 0. The number of aromatic nitrogens is 1. The van der Waals surface area contributed by atoms with Crippen LogP contribution in [0, 0.1) is 13.8 Å². The molecule has 0 unspecified atom stereocenters. The van der Waals surface area contributed by atoms with Gasteiger partial charge in [0.05, 0.1) is 4.90 Å². The fraction of sp³-hybridized carbons (Fsp3) is 0.154. The fourth-order valence-corrected chi connectivity index (χ4v) is 2.84. The first-order valence-corrected chi connectivity index (χ1v) is 7.88. The van der Waals surface area contributed by atoms with Crippen LogP contribution in [0.5, 0.6) is 0 Å². The van der Waals surface area contributed by atoms with E-state index in [2.05, 4.69) is 25.6 Å². The van der Waals surface area contributed by atoms with Crippen molar-refractivity contribution in [3.63, 3.8) is 0 Å². The van der Waals surface area contributed by atoms with Gasteiger partial charge in [-0.3, -0.25) is 4.72 Å². The first-order valence-electron chi connectivity index (χ1n) is 5.60. The minimum absolute atomic E-state index is 0.236. The van der Waals surface area contributed by atoms with E-state index in [9.17, 15) is 8.42 Å². The van der Waals surface area contributed by atoms with Crippen LogP contribution >= 0.6 is 15.9 Å². The van der Waals surface area contributed by atoms with Crippen LogP contribution < -0.4 is 4.72 Å². The van der Waals surface area contributed by atoms with Crippen LogP contribution in [-0.4, -0.2) is 13.4 Å². The summed E-state index contributed by atoms with van der Waals surface area (Å²) in [6.45, 7) is 3.82. The van der Waals surface area contributed by atoms with E-state index in [0.717, 1.165) is 15.6 Å². The van der Waals surface area contributed by atoms with Crippen molar-refractivity contribution < 1.29 is 8.42 Å². The first-order chi connectivity index (χ1) is 8.88. The highest BCUT2D eigenvalue weighted by atomic mass is 79.9. The predicted molar refractivity (Wildman–Crippen MR) is 78.7 cm³/mol. The van der Waals surface area contributed by atoms with Gasteiger partial charge in [-0.15, -0.1) is 0 Å². The quantitative estimate of drug-likeness (QED) is 0.932. The topological polar surface area (TPSA) is 59.1 Å². The van der Waals surface area contributed by atoms with Crippen molar-refractivity contribution in [3.05, 3.63) is 52.1 Å². The summed E-state index contributed by atoms with van der Waals surface area (Å²) >= 11 is 3.25. The van der Waals surface area contributed by atoms with Crippen LogP contribution in [-0.2, 0) is 10.0 Å². The number of benzene rings is 1. The molecule has 1 aromatic carbocycles. The average molecular weight is 341 g/mol. The van der Waals surface area contributed by atoms with Crippen molar-refractivity contribution in [1.29, 1.82) is 0 Å². The molecule has 100 valence electrons. The average Bonchev–Trinajstić information content (AvgIpc) is 2.35. The molecule has 0 fully saturated rings. The van der Waals surface area contributed by atoms with Crippen LogP contribution in [0.3, 0.4) is 0 Å². The van der Waals surface area contributed by atoms with Crippen LogP contribution in [0.15, 0.2) is 45.9 Å². The van der Waals surface area contributed by atoms with Gasteiger partial charge >= 0.3 is 0 Å². The zero-order chi connectivity index (χ0) is 14.0. The SMILES string of the molecule is Cc1ccc(S(=O)(=O)Nc2ccc(Br)cn2)cc1C. The Morgan fingerprint density at radius 2 is 1.84 bits per heavy atom. The van der Waals surface area contributed by atoms with Crippen LogP contribution in [0.2, 0.25) is 0 Å². The molecule has 2 rings (SSSR count). The van der Waals surface area contributed by atoms with E-state index >= 15 is 0 Å². The Kier molecular flexibility index (Phi) is 3.91. The summed E-state index contributed by atoms with van der Waals surface area (Å²) in [6, 6.07) is 8.35. The molecule has 1 N–H and O–H groups in total. The van der Waals surface area contributed by atoms with Gasteiger partial charge in [-0.1, -0.05) is 6.07 Å². The minimum Gasteiger partial charge on any atom is -0.263 e. The number of hydrogen-bond donors (Lipinski definition) is 1. The molecule has 0 radical (unpaired) electrons. The second-order valence-electron chi connectivity index (χ2n) is 4.21. The Morgan fingerprint density at radius 1 is 1.11 bits per heavy atom. The standard InChI is InChI=1S/C13H13BrN2O2S/c1-9-3-5-12(7-10(9)2)19(17,18)16-13-6-4-11(14)8-15-13/h3-8H,1-2H3,(H,15,16). The molecule has 0 spiro atoms. The zero-order valence-corrected chi connectivity index (χ0v) is 12.9. The lowest BCUT2D eigenvalue weighted by Gasteiger charge is -2.09. The third-order valence-electron chi connectivity index (χ3n) is 2.75. The molecule has 0 aliphatic heterocycles. The number of anilines is 1. The predicted octanol–water partition coefficient (Wildman–Crippen LogP) is 3.26. The molecule has 0 saturated heterocycles. The molecule has 0 saturated carbocycles. The first kappa shape index (κ1) is 14.0. The normalized spacial score (nSPS) is 11.3. The van der Waals surface area contributed by atoms with Gasteiger partial charge in [0, 0.05) is 10.7 Å². The van der Waals surface area contributed by atoms with Gasteiger partial charge in [0.2, 0.25) is 0 Å². The van der Waals surface area contributed by atoms with Gasteiger partial charge in [-0.05, 0) is 65.2 Å². The van der Waals surface area contributed by atoms with Crippen molar-refractivity contribution in [3.8, 4) is 0 Å². The minimum atomic E-state index is -3.59. The highest BCUT2D eigenvalue weighted by Gasteiger charge is 2.15. The van der Waals surface area contributed by atoms with Crippen molar-refractivity contribution in [1.82, 2.24) is 4.98 Å². The summed E-state index contributed by atoms with van der Waals surface area (Å²) in [7, 11) is -3.59. The molecule has 0 aliphatic carbocycles. The maximum Gasteiger partial charge on any atom is 0.263 e. The molecule has 6 heteroatoms. The molecule has 0 aliphatic rings. The lowest BCUT2D eigenvalue weighted by Crippen LogP contribution is -2.14. The molecule has 4 nitrogen and oxygen atoms in total. The molecule has 2 aromatic rings. The highest BCUT2D eigenvalue weighted by molar-refractivity contribution is 9.10. The van der Waals surface area contributed by atoms with Gasteiger partial charge in [-0.25, -0.2) is 13.4 Å². The maximum atomic E-state index is 12.2. The van der Waals surface area contributed by atoms with Gasteiger partial charge in [-0.2, -0.15) is 0 Å². The molecular weight excluding hydrogens is 328 g/mol. The van der Waals surface area contributed by atoms with Gasteiger partial charge < -0.3 is 0 Å². The Labute approximate surface area is 121 Å². The third-order valence-corrected chi connectivity index (χ3v) is 4.58. The summed E-state index contributed by atoms with van der Waals surface area (Å²) in [4.78, 5) is 4.23. The Hall–Kier alpha value is -1.40. The Morgan fingerprint density at radius 3 is 2.42 bits per heavy atom. The molecule has 0 amide bonds. The number of pyridine rings is 1. The molecule has 19 heavy (non-hydrogen) atoms. The second-order valence-corrected chi connectivity index (χ2v) is 6.81. The number of nitrogens with zero attached hydrogens (tertiary/aromatic N) is 1. The van der Waals surface area contributed by atoms with E-state index in [1.54, 1.807) is 30.3 Å². The van der Waals surface area contributed by atoms with E-state index in [1.165, 1.54) is 6.20 Å². The highest BCUT2D eigenvalue weighted by Crippen LogP contribution is 2.18. The third kappa shape index (κ3) is 3.33. The molecule has 0 atom stereocenters. The van der Waals surface area contributed by atoms with E-state index < -0.39 is 10.0 Å². The molecule has 1 aromatic heterocycles. The fourth-order valence-electron chi connectivity index (χ4n) is 1.51. The van der Waals surface area contributed by atoms with E-state index in [1.807, 2.05) is 13.8 Å². The summed E-state index contributed by atoms with van der Waals surface area (Å²) in [6.07, 6.45) is 1.54. The van der Waals surface area contributed by atoms with Crippen LogP contribution in [0.1, 0.15) is 11.1 Å².